The SMILES string of the molecule is Cc1cc(F)ccc1S(=O)(=O)N1CCC(N=C=O)CC1. The number of benzene rings is 1. The molecule has 1 aliphatic heterocycles. The van der Waals surface area contributed by atoms with Gasteiger partial charge in [0.1, 0.15) is 5.82 Å². The number of rotatable bonds is 3. The molecule has 1 heterocycles. The summed E-state index contributed by atoms with van der Waals surface area (Å²) in [6.45, 7) is 2.17. The molecular formula is C13H15FN2O3S. The predicted octanol–water partition coefficient (Wildman–Crippen LogP) is 1.62. The molecule has 2 rings (SSSR count). The van der Waals surface area contributed by atoms with Crippen LogP contribution in [-0.4, -0.2) is 37.9 Å². The Bertz CT molecular complexity index is 646. The number of hydrogen-bond acceptors (Lipinski definition) is 4. The lowest BCUT2D eigenvalue weighted by Crippen LogP contribution is -2.39. The Labute approximate surface area is 117 Å². The molecule has 0 unspecified atom stereocenters. The summed E-state index contributed by atoms with van der Waals surface area (Å²) in [4.78, 5) is 13.9. The van der Waals surface area contributed by atoms with E-state index in [-0.39, 0.29) is 10.9 Å². The molecule has 1 saturated heterocycles. The summed E-state index contributed by atoms with van der Waals surface area (Å²) in [6, 6.07) is 3.48. The molecule has 0 aromatic heterocycles. The van der Waals surface area contributed by atoms with Gasteiger partial charge in [0.25, 0.3) is 0 Å². The smallest absolute Gasteiger partial charge is 0.211 e. The average molecular weight is 298 g/mol. The minimum atomic E-state index is -3.62. The van der Waals surface area contributed by atoms with Crippen LogP contribution >= 0.6 is 0 Å². The first-order valence-electron chi connectivity index (χ1n) is 6.28. The van der Waals surface area contributed by atoms with E-state index in [0.717, 1.165) is 6.07 Å². The van der Waals surface area contributed by atoms with E-state index in [9.17, 15) is 17.6 Å². The Morgan fingerprint density at radius 2 is 2.00 bits per heavy atom. The second-order valence-electron chi connectivity index (χ2n) is 4.77. The number of nitrogens with zero attached hydrogens (tertiary/aromatic N) is 2. The highest BCUT2D eigenvalue weighted by Gasteiger charge is 2.30. The van der Waals surface area contributed by atoms with Crippen molar-refractivity contribution in [3.8, 4) is 0 Å². The summed E-state index contributed by atoms with van der Waals surface area (Å²) in [5.74, 6) is -0.458. The molecule has 7 heteroatoms. The molecule has 0 saturated carbocycles. The van der Waals surface area contributed by atoms with E-state index in [1.54, 1.807) is 6.92 Å². The minimum Gasteiger partial charge on any atom is -0.211 e. The molecule has 0 amide bonds. The van der Waals surface area contributed by atoms with Crippen molar-refractivity contribution in [1.29, 1.82) is 0 Å². The molecular weight excluding hydrogens is 283 g/mol. The van der Waals surface area contributed by atoms with Crippen molar-refractivity contribution in [2.75, 3.05) is 13.1 Å². The zero-order valence-corrected chi connectivity index (χ0v) is 11.9. The third-order valence-corrected chi connectivity index (χ3v) is 5.47. The van der Waals surface area contributed by atoms with E-state index >= 15 is 0 Å². The fourth-order valence-electron chi connectivity index (χ4n) is 2.33. The number of hydrogen-bond donors (Lipinski definition) is 0. The van der Waals surface area contributed by atoms with Crippen LogP contribution in [0.15, 0.2) is 28.1 Å². The van der Waals surface area contributed by atoms with Crippen LogP contribution in [0.2, 0.25) is 0 Å². The van der Waals surface area contributed by atoms with E-state index in [1.165, 1.54) is 22.5 Å². The molecule has 0 N–H and O–H groups in total. The van der Waals surface area contributed by atoms with Gasteiger partial charge in [-0.2, -0.15) is 4.31 Å². The topological polar surface area (TPSA) is 66.8 Å². The molecule has 1 fully saturated rings. The van der Waals surface area contributed by atoms with Gasteiger partial charge in [-0.25, -0.2) is 22.6 Å². The molecule has 0 atom stereocenters. The van der Waals surface area contributed by atoms with E-state index < -0.39 is 15.8 Å². The third-order valence-electron chi connectivity index (χ3n) is 3.41. The number of aliphatic imine (C=N–C) groups is 1. The van der Waals surface area contributed by atoms with Crippen molar-refractivity contribution in [3.63, 3.8) is 0 Å². The first-order valence-corrected chi connectivity index (χ1v) is 7.72. The van der Waals surface area contributed by atoms with Crippen molar-refractivity contribution >= 4 is 16.1 Å². The van der Waals surface area contributed by atoms with E-state index in [0.29, 0.717) is 31.5 Å². The molecule has 20 heavy (non-hydrogen) atoms. The zero-order valence-electron chi connectivity index (χ0n) is 11.0. The van der Waals surface area contributed by atoms with Gasteiger partial charge in [0.2, 0.25) is 16.1 Å². The van der Waals surface area contributed by atoms with Crippen LogP contribution in [0.3, 0.4) is 0 Å². The van der Waals surface area contributed by atoms with Gasteiger partial charge in [-0.1, -0.05) is 0 Å². The molecule has 1 aromatic rings. The number of isocyanates is 1. The van der Waals surface area contributed by atoms with E-state index in [2.05, 4.69) is 4.99 Å². The van der Waals surface area contributed by atoms with Gasteiger partial charge < -0.3 is 0 Å². The largest absolute Gasteiger partial charge is 0.243 e. The molecule has 5 nitrogen and oxygen atoms in total. The monoisotopic (exact) mass is 298 g/mol. The number of aryl methyl sites for hydroxylation is 1. The predicted molar refractivity (Wildman–Crippen MR) is 71.0 cm³/mol. The molecule has 0 aliphatic carbocycles. The highest BCUT2D eigenvalue weighted by Crippen LogP contribution is 2.24. The average Bonchev–Trinajstić information content (AvgIpc) is 2.39. The lowest BCUT2D eigenvalue weighted by Gasteiger charge is -2.29. The summed E-state index contributed by atoms with van der Waals surface area (Å²) < 4.78 is 39.4. The maximum Gasteiger partial charge on any atom is 0.243 e. The van der Waals surface area contributed by atoms with Gasteiger partial charge in [-0.15, -0.1) is 0 Å². The van der Waals surface area contributed by atoms with Crippen molar-refractivity contribution in [3.05, 3.63) is 29.6 Å². The second kappa shape index (κ2) is 5.83. The molecule has 1 aromatic carbocycles. The lowest BCUT2D eigenvalue weighted by molar-refractivity contribution is 0.320. The van der Waals surface area contributed by atoms with Crippen molar-refractivity contribution < 1.29 is 17.6 Å². The first kappa shape index (κ1) is 14.8. The van der Waals surface area contributed by atoms with Gasteiger partial charge in [-0.3, -0.25) is 0 Å². The lowest BCUT2D eigenvalue weighted by atomic mass is 10.1. The molecule has 1 aliphatic rings. The maximum atomic E-state index is 13.1. The minimum absolute atomic E-state index is 0.122. The number of piperidine rings is 1. The summed E-state index contributed by atoms with van der Waals surface area (Å²) in [5.41, 5.74) is 0.387. The Morgan fingerprint density at radius 1 is 1.35 bits per heavy atom. The second-order valence-corrected chi connectivity index (χ2v) is 6.67. The van der Waals surface area contributed by atoms with Crippen LogP contribution in [0.5, 0.6) is 0 Å². The van der Waals surface area contributed by atoms with Crippen molar-refractivity contribution in [2.45, 2.75) is 30.7 Å². The molecule has 108 valence electrons. The highest BCUT2D eigenvalue weighted by molar-refractivity contribution is 7.89. The van der Waals surface area contributed by atoms with Crippen LogP contribution in [0.1, 0.15) is 18.4 Å². The Balaban J connectivity index is 2.21. The number of carbonyl (C=O) groups excluding carboxylic acids is 1. The number of sulfonamides is 1. The first-order chi connectivity index (χ1) is 9.45. The quantitative estimate of drug-likeness (QED) is 0.629. The van der Waals surface area contributed by atoms with Crippen LogP contribution in [-0.2, 0) is 14.8 Å². The maximum absolute atomic E-state index is 13.1. The Morgan fingerprint density at radius 3 is 2.55 bits per heavy atom. The van der Waals surface area contributed by atoms with Gasteiger partial charge in [0.05, 0.1) is 10.9 Å². The van der Waals surface area contributed by atoms with Gasteiger partial charge in [0, 0.05) is 13.1 Å². The van der Waals surface area contributed by atoms with Crippen LogP contribution in [0.4, 0.5) is 4.39 Å². The summed E-state index contributed by atoms with van der Waals surface area (Å²) in [7, 11) is -3.62. The standard InChI is InChI=1S/C13H15FN2O3S/c1-10-8-11(14)2-3-13(10)20(18,19)16-6-4-12(5-7-16)15-9-17/h2-3,8,12H,4-7H2,1H3. The molecule has 0 radical (unpaired) electrons. The van der Waals surface area contributed by atoms with Gasteiger partial charge in [0.15, 0.2) is 0 Å². The Kier molecular flexibility index (Phi) is 4.32. The fraction of sp³-hybridized carbons (Fsp3) is 0.462. The van der Waals surface area contributed by atoms with E-state index in [4.69, 9.17) is 0 Å². The Hall–Kier alpha value is -1.56. The van der Waals surface area contributed by atoms with Crippen molar-refractivity contribution in [1.82, 2.24) is 4.31 Å². The summed E-state index contributed by atoms with van der Waals surface area (Å²) >= 11 is 0. The molecule has 0 bridgehead atoms. The van der Waals surface area contributed by atoms with Crippen molar-refractivity contribution in [2.24, 2.45) is 4.99 Å². The zero-order chi connectivity index (χ0) is 14.8. The third kappa shape index (κ3) is 2.95. The fourth-order valence-corrected chi connectivity index (χ4v) is 4.00. The van der Waals surface area contributed by atoms with Gasteiger partial charge in [-0.05, 0) is 43.5 Å². The molecule has 0 spiro atoms. The normalized spacial score (nSPS) is 17.7. The van der Waals surface area contributed by atoms with Crippen LogP contribution < -0.4 is 0 Å². The highest BCUT2D eigenvalue weighted by atomic mass is 32.2. The van der Waals surface area contributed by atoms with E-state index in [1.807, 2.05) is 0 Å². The van der Waals surface area contributed by atoms with Crippen LogP contribution in [0, 0.1) is 12.7 Å². The number of halogens is 1. The summed E-state index contributed by atoms with van der Waals surface area (Å²) in [5, 5.41) is 0. The van der Waals surface area contributed by atoms with Gasteiger partial charge >= 0.3 is 0 Å². The van der Waals surface area contributed by atoms with Crippen LogP contribution in [0.25, 0.3) is 0 Å². The summed E-state index contributed by atoms with van der Waals surface area (Å²) in [6.07, 6.45) is 2.49.